The predicted octanol–water partition coefficient (Wildman–Crippen LogP) is 5.10. The molecule has 0 N–H and O–H groups in total. The van der Waals surface area contributed by atoms with Crippen LogP contribution in [0.15, 0.2) is 53.9 Å². The summed E-state index contributed by atoms with van der Waals surface area (Å²) in [7, 11) is 3.84. The molecule has 3 rings (SSSR count). The summed E-state index contributed by atoms with van der Waals surface area (Å²) in [4.78, 5) is 7.07. The molecule has 0 saturated heterocycles. The van der Waals surface area contributed by atoms with E-state index in [1.54, 1.807) is 18.4 Å². The molecule has 0 radical (unpaired) electrons. The number of rotatable bonds is 9. The Labute approximate surface area is 171 Å². The van der Waals surface area contributed by atoms with Crippen LogP contribution in [0.2, 0.25) is 0 Å². The number of hydrogen-bond donors (Lipinski definition) is 0. The summed E-state index contributed by atoms with van der Waals surface area (Å²) in [5.41, 5.74) is 3.64. The van der Waals surface area contributed by atoms with E-state index in [2.05, 4.69) is 55.4 Å². The van der Waals surface area contributed by atoms with Crippen molar-refractivity contribution < 1.29 is 9.47 Å². The molecular formula is C23H28N2O2S. The number of methoxy groups -OCH3 is 1. The van der Waals surface area contributed by atoms with Gasteiger partial charge in [0.2, 0.25) is 0 Å². The fourth-order valence-electron chi connectivity index (χ4n) is 2.94. The van der Waals surface area contributed by atoms with Crippen LogP contribution in [0.25, 0.3) is 0 Å². The average Bonchev–Trinajstić information content (AvgIpc) is 3.15. The normalized spacial score (nSPS) is 12.2. The molecule has 0 saturated carbocycles. The minimum absolute atomic E-state index is 0.419. The molecule has 0 aliphatic heterocycles. The topological polar surface area (TPSA) is 34.6 Å². The van der Waals surface area contributed by atoms with Crippen LogP contribution in [-0.4, -0.2) is 30.1 Å². The summed E-state index contributed by atoms with van der Waals surface area (Å²) in [5.74, 6) is 1.78. The van der Waals surface area contributed by atoms with Gasteiger partial charge in [0.25, 0.3) is 0 Å². The maximum atomic E-state index is 5.83. The number of aromatic nitrogens is 1. The lowest BCUT2D eigenvalue weighted by molar-refractivity contribution is 0.245. The molecule has 1 unspecified atom stereocenters. The van der Waals surface area contributed by atoms with Crippen LogP contribution in [0.5, 0.6) is 11.5 Å². The molecule has 0 aliphatic carbocycles. The van der Waals surface area contributed by atoms with Crippen molar-refractivity contribution in [1.29, 1.82) is 0 Å². The van der Waals surface area contributed by atoms with Crippen molar-refractivity contribution in [3.8, 4) is 11.5 Å². The lowest BCUT2D eigenvalue weighted by Gasteiger charge is -2.24. The van der Waals surface area contributed by atoms with E-state index in [1.165, 1.54) is 11.1 Å². The van der Waals surface area contributed by atoms with Gasteiger partial charge in [0.05, 0.1) is 12.8 Å². The third-order valence-corrected chi connectivity index (χ3v) is 5.71. The van der Waals surface area contributed by atoms with E-state index in [0.29, 0.717) is 12.6 Å². The van der Waals surface area contributed by atoms with E-state index in [9.17, 15) is 0 Å². The van der Waals surface area contributed by atoms with Crippen LogP contribution in [0.3, 0.4) is 0 Å². The quantitative estimate of drug-likeness (QED) is 0.504. The highest BCUT2D eigenvalue weighted by Gasteiger charge is 2.13. The Balaban J connectivity index is 1.49. The van der Waals surface area contributed by atoms with Gasteiger partial charge < -0.3 is 9.47 Å². The maximum absolute atomic E-state index is 5.83. The van der Waals surface area contributed by atoms with Gasteiger partial charge in [-0.3, -0.25) is 4.90 Å². The average molecular weight is 397 g/mol. The first-order chi connectivity index (χ1) is 13.5. The van der Waals surface area contributed by atoms with Crippen molar-refractivity contribution in [3.05, 3.63) is 75.7 Å². The van der Waals surface area contributed by atoms with Gasteiger partial charge in [-0.1, -0.05) is 29.8 Å². The van der Waals surface area contributed by atoms with Crippen molar-refractivity contribution in [3.63, 3.8) is 0 Å². The van der Waals surface area contributed by atoms with Gasteiger partial charge in [-0.05, 0) is 57.1 Å². The largest absolute Gasteiger partial charge is 0.497 e. The second kappa shape index (κ2) is 9.71. The number of aryl methyl sites for hydroxylation is 1. The molecule has 0 amide bonds. The van der Waals surface area contributed by atoms with Crippen molar-refractivity contribution in [2.45, 2.75) is 39.5 Å². The van der Waals surface area contributed by atoms with Gasteiger partial charge in [-0.25, -0.2) is 4.98 Å². The fourth-order valence-corrected chi connectivity index (χ4v) is 3.63. The van der Waals surface area contributed by atoms with E-state index in [4.69, 9.17) is 14.5 Å². The molecule has 4 nitrogen and oxygen atoms in total. The van der Waals surface area contributed by atoms with E-state index >= 15 is 0 Å². The lowest BCUT2D eigenvalue weighted by atomic mass is 10.1. The van der Waals surface area contributed by atoms with E-state index in [0.717, 1.165) is 35.2 Å². The predicted molar refractivity (Wildman–Crippen MR) is 115 cm³/mol. The van der Waals surface area contributed by atoms with Gasteiger partial charge in [0.1, 0.15) is 23.1 Å². The molecule has 148 valence electrons. The summed E-state index contributed by atoms with van der Waals surface area (Å²) in [6, 6.07) is 16.8. The first-order valence-corrected chi connectivity index (χ1v) is 10.4. The highest BCUT2D eigenvalue weighted by atomic mass is 32.1. The first-order valence-electron chi connectivity index (χ1n) is 9.49. The summed E-state index contributed by atoms with van der Waals surface area (Å²) in [5, 5.41) is 3.14. The van der Waals surface area contributed by atoms with Crippen LogP contribution in [0, 0.1) is 6.92 Å². The fraction of sp³-hybridized carbons (Fsp3) is 0.348. The van der Waals surface area contributed by atoms with Gasteiger partial charge >= 0.3 is 0 Å². The number of thiazole rings is 1. The molecule has 0 spiro atoms. The van der Waals surface area contributed by atoms with E-state index < -0.39 is 0 Å². The molecule has 2 aromatic carbocycles. The zero-order valence-electron chi connectivity index (χ0n) is 17.0. The molecule has 1 heterocycles. The van der Waals surface area contributed by atoms with Crippen molar-refractivity contribution in [2.24, 2.45) is 0 Å². The highest BCUT2D eigenvalue weighted by Crippen LogP contribution is 2.18. The molecule has 0 aliphatic rings. The van der Waals surface area contributed by atoms with Crippen LogP contribution in [-0.2, 0) is 19.6 Å². The Morgan fingerprint density at radius 1 is 1.04 bits per heavy atom. The first kappa shape index (κ1) is 20.4. The smallest absolute Gasteiger partial charge is 0.140 e. The Kier molecular flexibility index (Phi) is 7.06. The van der Waals surface area contributed by atoms with Crippen molar-refractivity contribution in [1.82, 2.24) is 9.88 Å². The molecule has 3 aromatic rings. The lowest BCUT2D eigenvalue weighted by Crippen LogP contribution is -2.30. The molecule has 1 atom stereocenters. The minimum atomic E-state index is 0.419. The molecular weight excluding hydrogens is 368 g/mol. The van der Waals surface area contributed by atoms with Crippen molar-refractivity contribution >= 4 is 11.3 Å². The van der Waals surface area contributed by atoms with Crippen molar-refractivity contribution in [2.75, 3.05) is 14.2 Å². The summed E-state index contributed by atoms with van der Waals surface area (Å²) in [6.45, 7) is 5.66. The van der Waals surface area contributed by atoms with Gasteiger partial charge in [0, 0.05) is 18.0 Å². The number of ether oxygens (including phenoxy) is 2. The van der Waals surface area contributed by atoms with Gasteiger partial charge in [-0.15, -0.1) is 11.3 Å². The Hall–Kier alpha value is -2.37. The third-order valence-electron chi connectivity index (χ3n) is 4.84. The standard InChI is InChI=1S/C23H28N2O2S/c1-17-5-9-22(10-6-17)27-15-23-24-20(16-28-23)14-25(3)18(2)13-19-7-11-21(26-4)12-8-19/h5-12,16,18H,13-15H2,1-4H3. The van der Waals surface area contributed by atoms with Crippen LogP contribution >= 0.6 is 11.3 Å². The SMILES string of the molecule is COc1ccc(CC(C)N(C)Cc2csc(COc3ccc(C)cc3)n2)cc1. The van der Waals surface area contributed by atoms with E-state index in [-0.39, 0.29) is 0 Å². The highest BCUT2D eigenvalue weighted by molar-refractivity contribution is 7.09. The Morgan fingerprint density at radius 2 is 1.71 bits per heavy atom. The van der Waals surface area contributed by atoms with E-state index in [1.807, 2.05) is 24.3 Å². The van der Waals surface area contributed by atoms with Gasteiger partial charge in [0.15, 0.2) is 0 Å². The summed E-state index contributed by atoms with van der Waals surface area (Å²) in [6.07, 6.45) is 0.994. The van der Waals surface area contributed by atoms with Gasteiger partial charge in [-0.2, -0.15) is 0 Å². The minimum Gasteiger partial charge on any atom is -0.497 e. The maximum Gasteiger partial charge on any atom is 0.140 e. The van der Waals surface area contributed by atoms with Crippen LogP contribution in [0.1, 0.15) is 28.8 Å². The number of hydrogen-bond acceptors (Lipinski definition) is 5. The zero-order chi connectivity index (χ0) is 19.9. The number of benzene rings is 2. The Bertz CT molecular complexity index is 859. The monoisotopic (exact) mass is 396 g/mol. The van der Waals surface area contributed by atoms with Crippen LogP contribution in [0.4, 0.5) is 0 Å². The zero-order valence-corrected chi connectivity index (χ0v) is 17.8. The molecule has 1 aromatic heterocycles. The van der Waals surface area contributed by atoms with Crippen LogP contribution < -0.4 is 9.47 Å². The molecule has 28 heavy (non-hydrogen) atoms. The number of likely N-dealkylation sites (N-methyl/N-ethyl adjacent to an activating group) is 1. The summed E-state index contributed by atoms with van der Waals surface area (Å²) < 4.78 is 11.1. The Morgan fingerprint density at radius 3 is 2.39 bits per heavy atom. The number of nitrogens with zero attached hydrogens (tertiary/aromatic N) is 2. The third kappa shape index (κ3) is 5.81. The second-order valence-electron chi connectivity index (χ2n) is 7.15. The molecule has 0 bridgehead atoms. The molecule has 0 fully saturated rings. The second-order valence-corrected chi connectivity index (χ2v) is 8.09. The molecule has 5 heteroatoms. The summed E-state index contributed by atoms with van der Waals surface area (Å²) >= 11 is 1.66.